The molecule has 0 amide bonds. The van der Waals surface area contributed by atoms with Crippen LogP contribution in [-0.2, 0) is 0 Å². The molecule has 0 saturated heterocycles. The van der Waals surface area contributed by atoms with Gasteiger partial charge in [0, 0.05) is 43.4 Å². The molecule has 2 aliphatic rings. The zero-order chi connectivity index (χ0) is 39.1. The lowest BCUT2D eigenvalue weighted by atomic mass is 9.50. The van der Waals surface area contributed by atoms with E-state index >= 15 is 0 Å². The molecular weight excluding hydrogens is 737 g/mol. The highest BCUT2D eigenvalue weighted by Crippen LogP contribution is 2.47. The number of rotatable bonds is 3. The highest BCUT2D eigenvalue weighted by Gasteiger charge is 2.41. The standard InChI is InChI=1S/C54H30BNO4/c1-6-18-42-35(12-1)36-13-2-7-19-43(36)56(42)44-27-33(29-50-53(44)39-15-4-9-21-46(39)58-50)32-26-40-37-25-24-31(34-16-11-23-48-52(34)38-14-3-8-20-45(38)57-48)28-49(37)60-55-41-17-5-10-22-47(41)59-51(30-32)54(40)55/h1-30H. The Labute approximate surface area is 343 Å². The number of aromatic nitrogens is 1. The van der Waals surface area contributed by atoms with E-state index < -0.39 is 0 Å². The highest BCUT2D eigenvalue weighted by molar-refractivity contribution is 6.84. The molecule has 0 unspecified atom stereocenters. The molecular formula is C54H30BNO4. The van der Waals surface area contributed by atoms with Crippen LogP contribution in [0, 0.1) is 0 Å². The molecule has 3 aromatic heterocycles. The van der Waals surface area contributed by atoms with Gasteiger partial charge in [-0.25, -0.2) is 0 Å². The summed E-state index contributed by atoms with van der Waals surface area (Å²) >= 11 is 0. The van der Waals surface area contributed by atoms with Gasteiger partial charge >= 0.3 is 6.92 Å². The number of para-hydroxylation sites is 5. The minimum absolute atomic E-state index is 0.340. The Hall–Kier alpha value is -7.96. The lowest BCUT2D eigenvalue weighted by Crippen LogP contribution is -2.53. The van der Waals surface area contributed by atoms with E-state index in [0.29, 0.717) is 0 Å². The fraction of sp³-hybridized carbons (Fsp3) is 0. The van der Waals surface area contributed by atoms with Gasteiger partial charge in [0.1, 0.15) is 39.6 Å². The Bertz CT molecular complexity index is 3760. The molecule has 0 atom stereocenters. The van der Waals surface area contributed by atoms with Crippen LogP contribution in [0.25, 0.3) is 105 Å². The van der Waals surface area contributed by atoms with Gasteiger partial charge in [-0.05, 0) is 94.5 Å². The molecule has 9 aromatic carbocycles. The van der Waals surface area contributed by atoms with E-state index in [4.69, 9.17) is 18.2 Å². The first-order valence-electron chi connectivity index (χ1n) is 20.3. The maximum atomic E-state index is 7.07. The number of fused-ring (bicyclic) bond motifs is 13. The van der Waals surface area contributed by atoms with Crippen LogP contribution in [0.4, 0.5) is 0 Å². The van der Waals surface area contributed by atoms with E-state index in [9.17, 15) is 0 Å². The van der Waals surface area contributed by atoms with Gasteiger partial charge in [-0.15, -0.1) is 0 Å². The third-order valence-corrected chi connectivity index (χ3v) is 12.7. The molecule has 0 spiro atoms. The van der Waals surface area contributed by atoms with Gasteiger partial charge in [0.05, 0.1) is 22.1 Å². The molecule has 0 radical (unpaired) electrons. The van der Waals surface area contributed by atoms with E-state index in [1.54, 1.807) is 0 Å². The largest absolute Gasteiger partial charge is 0.551 e. The molecule has 60 heavy (non-hydrogen) atoms. The number of benzene rings is 9. The average Bonchev–Trinajstić information content (AvgIpc) is 3.98. The molecule has 278 valence electrons. The van der Waals surface area contributed by atoms with Gasteiger partial charge in [0.2, 0.25) is 0 Å². The summed E-state index contributed by atoms with van der Waals surface area (Å²) in [4.78, 5) is 0. The minimum Gasteiger partial charge on any atom is -0.551 e. The summed E-state index contributed by atoms with van der Waals surface area (Å²) in [6, 6.07) is 64.0. The first-order valence-corrected chi connectivity index (χ1v) is 20.3. The van der Waals surface area contributed by atoms with Crippen LogP contribution in [0.15, 0.2) is 191 Å². The van der Waals surface area contributed by atoms with Crippen LogP contribution in [0.2, 0.25) is 0 Å². The zero-order valence-electron chi connectivity index (χ0n) is 32.0. The fourth-order valence-electron chi connectivity index (χ4n) is 10.1. The Morgan fingerprint density at radius 3 is 1.82 bits per heavy atom. The van der Waals surface area contributed by atoms with Crippen molar-refractivity contribution in [2.75, 3.05) is 0 Å². The van der Waals surface area contributed by atoms with Crippen molar-refractivity contribution < 1.29 is 18.2 Å². The lowest BCUT2D eigenvalue weighted by Gasteiger charge is -2.33. The lowest BCUT2D eigenvalue weighted by molar-refractivity contribution is 0.479. The van der Waals surface area contributed by atoms with Crippen LogP contribution in [0.3, 0.4) is 0 Å². The third kappa shape index (κ3) is 4.37. The predicted octanol–water partition coefficient (Wildman–Crippen LogP) is 13.2. The molecule has 0 saturated carbocycles. The van der Waals surface area contributed by atoms with Gasteiger partial charge in [-0.2, -0.15) is 0 Å². The number of hydrogen-bond donors (Lipinski definition) is 0. The highest BCUT2D eigenvalue weighted by atomic mass is 16.5. The second-order valence-corrected chi connectivity index (χ2v) is 15.9. The Kier molecular flexibility index (Phi) is 6.31. The molecule has 14 rings (SSSR count). The van der Waals surface area contributed by atoms with Crippen molar-refractivity contribution >= 4 is 83.5 Å². The van der Waals surface area contributed by atoms with Gasteiger partial charge in [-0.1, -0.05) is 115 Å². The quantitative estimate of drug-likeness (QED) is 0.168. The minimum atomic E-state index is -0.340. The smallest absolute Gasteiger partial charge is 0.434 e. The third-order valence-electron chi connectivity index (χ3n) is 12.7. The summed E-state index contributed by atoms with van der Waals surface area (Å²) in [6.45, 7) is -0.340. The van der Waals surface area contributed by atoms with Crippen LogP contribution >= 0.6 is 0 Å². The summed E-state index contributed by atoms with van der Waals surface area (Å²) in [7, 11) is 0. The van der Waals surface area contributed by atoms with Crippen molar-refractivity contribution in [2.45, 2.75) is 0 Å². The van der Waals surface area contributed by atoms with Crippen LogP contribution in [0.5, 0.6) is 17.2 Å². The van der Waals surface area contributed by atoms with Crippen molar-refractivity contribution in [1.29, 1.82) is 0 Å². The molecule has 6 heteroatoms. The number of hydrogen-bond acceptors (Lipinski definition) is 4. The molecule has 2 aliphatic heterocycles. The monoisotopic (exact) mass is 767 g/mol. The van der Waals surface area contributed by atoms with Crippen molar-refractivity contribution in [1.82, 2.24) is 4.57 Å². The second-order valence-electron chi connectivity index (χ2n) is 15.9. The molecule has 12 aromatic rings. The molecule has 0 bridgehead atoms. The number of ether oxygens (including phenoxy) is 1. The topological polar surface area (TPSA) is 49.7 Å². The summed E-state index contributed by atoms with van der Waals surface area (Å²) in [6.07, 6.45) is 0. The molecule has 0 fully saturated rings. The molecule has 0 N–H and O–H groups in total. The van der Waals surface area contributed by atoms with Crippen molar-refractivity contribution in [3.05, 3.63) is 182 Å². The number of nitrogens with zero attached hydrogens (tertiary/aromatic N) is 1. The average molecular weight is 768 g/mol. The Morgan fingerprint density at radius 1 is 0.383 bits per heavy atom. The molecule has 5 nitrogen and oxygen atoms in total. The number of furan rings is 2. The Morgan fingerprint density at radius 2 is 1.02 bits per heavy atom. The van der Waals surface area contributed by atoms with Crippen molar-refractivity contribution in [3.63, 3.8) is 0 Å². The summed E-state index contributed by atoms with van der Waals surface area (Å²) < 4.78 is 29.3. The van der Waals surface area contributed by atoms with E-state index in [1.807, 2.05) is 36.4 Å². The first kappa shape index (κ1) is 32.1. The summed E-state index contributed by atoms with van der Waals surface area (Å²) in [5, 5.41) is 6.79. The predicted molar refractivity (Wildman–Crippen MR) is 244 cm³/mol. The maximum absolute atomic E-state index is 7.07. The van der Waals surface area contributed by atoms with Crippen LogP contribution < -0.4 is 20.3 Å². The van der Waals surface area contributed by atoms with Gasteiger partial charge in [0.25, 0.3) is 0 Å². The normalized spacial score (nSPS) is 12.9. The van der Waals surface area contributed by atoms with Gasteiger partial charge in [-0.3, -0.25) is 0 Å². The molecule has 0 aliphatic carbocycles. The Balaban J connectivity index is 1.02. The summed E-state index contributed by atoms with van der Waals surface area (Å²) in [5.41, 5.74) is 15.2. The van der Waals surface area contributed by atoms with E-state index in [2.05, 4.69) is 150 Å². The maximum Gasteiger partial charge on any atom is 0.434 e. The van der Waals surface area contributed by atoms with Crippen LogP contribution in [-0.4, -0.2) is 11.5 Å². The van der Waals surface area contributed by atoms with Gasteiger partial charge in [0.15, 0.2) is 0 Å². The van der Waals surface area contributed by atoms with E-state index in [1.165, 1.54) is 10.8 Å². The first-order chi connectivity index (χ1) is 29.7. The van der Waals surface area contributed by atoms with Crippen LogP contribution in [0.1, 0.15) is 0 Å². The summed E-state index contributed by atoms with van der Waals surface area (Å²) in [5.74, 6) is 2.41. The van der Waals surface area contributed by atoms with Gasteiger partial charge < -0.3 is 22.8 Å². The second kappa shape index (κ2) is 11.8. The van der Waals surface area contributed by atoms with E-state index in [-0.39, 0.29) is 6.92 Å². The van der Waals surface area contributed by atoms with Crippen molar-refractivity contribution in [2.24, 2.45) is 0 Å². The molecule has 5 heterocycles. The fourth-order valence-corrected chi connectivity index (χ4v) is 10.1. The van der Waals surface area contributed by atoms with Crippen molar-refractivity contribution in [3.8, 4) is 56.3 Å². The van der Waals surface area contributed by atoms with E-state index in [0.717, 1.165) is 122 Å². The zero-order valence-corrected chi connectivity index (χ0v) is 32.0. The SMILES string of the molecule is c1ccc2c(c1)Oc1cc(-c3cc(-n4c5ccccc5c5ccccc54)c4c(c3)oc3ccccc34)cc3c1B2Oc1cc(-c2cccc4oc5ccccc5c24)ccc1-3.